The van der Waals surface area contributed by atoms with E-state index in [2.05, 4.69) is 9.98 Å². The summed E-state index contributed by atoms with van der Waals surface area (Å²) in [5.74, 6) is 1.41. The zero-order valence-corrected chi connectivity index (χ0v) is 13.2. The van der Waals surface area contributed by atoms with Crippen molar-refractivity contribution < 1.29 is 4.42 Å². The van der Waals surface area contributed by atoms with E-state index in [-0.39, 0.29) is 0 Å². The molecule has 114 valence electrons. The monoisotopic (exact) mass is 302 g/mol. The lowest BCUT2D eigenvalue weighted by molar-refractivity contribution is 0.553. The van der Waals surface area contributed by atoms with Crippen LogP contribution in [0.3, 0.4) is 0 Å². The normalized spacial score (nSPS) is 11.6. The lowest BCUT2D eigenvalue weighted by Gasteiger charge is -1.95. The van der Waals surface area contributed by atoms with E-state index < -0.39 is 0 Å². The molecular formula is C20H18N2O. The van der Waals surface area contributed by atoms with Crippen LogP contribution in [0.25, 0.3) is 0 Å². The van der Waals surface area contributed by atoms with Gasteiger partial charge in [0.2, 0.25) is 0 Å². The van der Waals surface area contributed by atoms with Crippen LogP contribution in [-0.4, -0.2) is 12.4 Å². The van der Waals surface area contributed by atoms with Crippen LogP contribution in [0.5, 0.6) is 0 Å². The van der Waals surface area contributed by atoms with Gasteiger partial charge in [0.15, 0.2) is 0 Å². The number of aliphatic imine (C=N–C) groups is 2. The Bertz CT molecular complexity index is 789. The second-order valence-electron chi connectivity index (χ2n) is 5.43. The van der Waals surface area contributed by atoms with Gasteiger partial charge < -0.3 is 4.42 Å². The maximum Gasteiger partial charge on any atom is 0.145 e. The van der Waals surface area contributed by atoms with E-state index in [4.69, 9.17) is 4.42 Å². The van der Waals surface area contributed by atoms with Gasteiger partial charge in [-0.1, -0.05) is 24.3 Å². The first-order valence-corrected chi connectivity index (χ1v) is 7.50. The van der Waals surface area contributed by atoms with Crippen LogP contribution in [-0.2, 0) is 0 Å². The number of hydrogen-bond donors (Lipinski definition) is 0. The lowest BCUT2D eigenvalue weighted by atomic mass is 10.2. The van der Waals surface area contributed by atoms with Gasteiger partial charge in [-0.25, -0.2) is 0 Å². The molecule has 0 unspecified atom stereocenters. The van der Waals surface area contributed by atoms with Gasteiger partial charge in [0.1, 0.15) is 11.5 Å². The first-order valence-electron chi connectivity index (χ1n) is 7.50. The van der Waals surface area contributed by atoms with E-state index in [9.17, 15) is 0 Å². The molecular weight excluding hydrogens is 284 g/mol. The first kappa shape index (κ1) is 15.0. The number of benzene rings is 2. The third kappa shape index (κ3) is 4.27. The Labute approximate surface area is 136 Å². The summed E-state index contributed by atoms with van der Waals surface area (Å²) in [6.07, 6.45) is 3.44. The Morgan fingerprint density at radius 1 is 0.696 bits per heavy atom. The molecule has 0 aliphatic carbocycles. The molecule has 0 aliphatic rings. The lowest BCUT2D eigenvalue weighted by Crippen LogP contribution is -1.77. The van der Waals surface area contributed by atoms with Crippen molar-refractivity contribution in [2.24, 2.45) is 9.98 Å². The van der Waals surface area contributed by atoms with Crippen molar-refractivity contribution in [1.82, 2.24) is 0 Å². The van der Waals surface area contributed by atoms with Crippen LogP contribution >= 0.6 is 0 Å². The Hall–Kier alpha value is -2.94. The SMILES string of the molecule is Cc1cccc(N=Cc2ccc(C=Nc3cccc(C)c3)o2)c1. The van der Waals surface area contributed by atoms with Crippen LogP contribution in [0.1, 0.15) is 22.6 Å². The third-order valence-electron chi connectivity index (χ3n) is 3.33. The molecule has 3 rings (SSSR count). The quantitative estimate of drug-likeness (QED) is 0.595. The Morgan fingerprint density at radius 2 is 1.17 bits per heavy atom. The molecule has 0 bridgehead atoms. The van der Waals surface area contributed by atoms with E-state index in [1.807, 2.05) is 74.5 Å². The van der Waals surface area contributed by atoms with Crippen LogP contribution < -0.4 is 0 Å². The highest BCUT2D eigenvalue weighted by atomic mass is 16.3. The highest BCUT2D eigenvalue weighted by Crippen LogP contribution is 2.15. The molecule has 0 spiro atoms. The van der Waals surface area contributed by atoms with Crippen LogP contribution in [0, 0.1) is 13.8 Å². The van der Waals surface area contributed by atoms with E-state index in [0.717, 1.165) is 11.4 Å². The summed E-state index contributed by atoms with van der Waals surface area (Å²) >= 11 is 0. The summed E-state index contributed by atoms with van der Waals surface area (Å²) in [4.78, 5) is 8.83. The summed E-state index contributed by atoms with van der Waals surface area (Å²) in [7, 11) is 0. The Balaban J connectivity index is 1.70. The predicted octanol–water partition coefficient (Wildman–Crippen LogP) is 5.40. The minimum Gasteiger partial charge on any atom is -0.454 e. The molecule has 0 atom stereocenters. The summed E-state index contributed by atoms with van der Waals surface area (Å²) < 4.78 is 5.69. The molecule has 3 heteroatoms. The van der Waals surface area contributed by atoms with Gasteiger partial charge >= 0.3 is 0 Å². The van der Waals surface area contributed by atoms with Gasteiger partial charge in [-0.05, 0) is 61.4 Å². The van der Waals surface area contributed by atoms with Gasteiger partial charge in [-0.15, -0.1) is 0 Å². The maximum atomic E-state index is 5.69. The molecule has 0 aliphatic heterocycles. The van der Waals surface area contributed by atoms with Gasteiger partial charge in [0.05, 0.1) is 23.8 Å². The third-order valence-corrected chi connectivity index (χ3v) is 3.33. The van der Waals surface area contributed by atoms with E-state index in [1.54, 1.807) is 12.4 Å². The molecule has 3 nitrogen and oxygen atoms in total. The van der Waals surface area contributed by atoms with Crippen molar-refractivity contribution in [3.63, 3.8) is 0 Å². The molecule has 0 N–H and O–H groups in total. The minimum absolute atomic E-state index is 0.706. The van der Waals surface area contributed by atoms with Crippen molar-refractivity contribution in [3.05, 3.63) is 83.3 Å². The van der Waals surface area contributed by atoms with E-state index >= 15 is 0 Å². The Kier molecular flexibility index (Phi) is 4.48. The van der Waals surface area contributed by atoms with Crippen LogP contribution in [0.4, 0.5) is 11.4 Å². The van der Waals surface area contributed by atoms with Gasteiger partial charge in [0.25, 0.3) is 0 Å². The van der Waals surface area contributed by atoms with Gasteiger partial charge in [-0.3, -0.25) is 9.98 Å². The highest BCUT2D eigenvalue weighted by molar-refractivity contribution is 5.83. The topological polar surface area (TPSA) is 37.9 Å². The molecule has 1 heterocycles. The molecule has 2 aromatic carbocycles. The molecule has 23 heavy (non-hydrogen) atoms. The summed E-state index contributed by atoms with van der Waals surface area (Å²) in [5, 5.41) is 0. The number of furan rings is 1. The van der Waals surface area contributed by atoms with E-state index in [1.165, 1.54) is 11.1 Å². The summed E-state index contributed by atoms with van der Waals surface area (Å²) in [6, 6.07) is 19.8. The average molecular weight is 302 g/mol. The van der Waals surface area contributed by atoms with E-state index in [0.29, 0.717) is 11.5 Å². The maximum absolute atomic E-state index is 5.69. The average Bonchev–Trinajstić information content (AvgIpc) is 2.99. The number of aryl methyl sites for hydroxylation is 2. The fourth-order valence-corrected chi connectivity index (χ4v) is 2.20. The van der Waals surface area contributed by atoms with Gasteiger partial charge in [0, 0.05) is 0 Å². The molecule has 3 aromatic rings. The van der Waals surface area contributed by atoms with Gasteiger partial charge in [-0.2, -0.15) is 0 Å². The van der Waals surface area contributed by atoms with Crippen molar-refractivity contribution in [1.29, 1.82) is 0 Å². The smallest absolute Gasteiger partial charge is 0.145 e. The molecule has 0 fully saturated rings. The Morgan fingerprint density at radius 3 is 1.61 bits per heavy atom. The van der Waals surface area contributed by atoms with Crippen molar-refractivity contribution in [3.8, 4) is 0 Å². The fraction of sp³-hybridized carbons (Fsp3) is 0.100. The summed E-state index contributed by atoms with van der Waals surface area (Å²) in [5.41, 5.74) is 4.20. The number of nitrogens with zero attached hydrogens (tertiary/aromatic N) is 2. The molecule has 1 aromatic heterocycles. The predicted molar refractivity (Wildman–Crippen MR) is 95.6 cm³/mol. The summed E-state index contributed by atoms with van der Waals surface area (Å²) in [6.45, 7) is 4.09. The molecule has 0 amide bonds. The van der Waals surface area contributed by atoms with Crippen molar-refractivity contribution >= 4 is 23.8 Å². The largest absolute Gasteiger partial charge is 0.454 e. The minimum atomic E-state index is 0.706. The van der Waals surface area contributed by atoms with Crippen LogP contribution in [0.15, 0.2) is 75.1 Å². The van der Waals surface area contributed by atoms with Crippen LogP contribution in [0.2, 0.25) is 0 Å². The fourth-order valence-electron chi connectivity index (χ4n) is 2.20. The molecule has 0 saturated heterocycles. The number of hydrogen-bond acceptors (Lipinski definition) is 3. The standard InChI is InChI=1S/C20H18N2O/c1-15-5-3-7-17(11-15)21-13-19-9-10-20(23-19)14-22-18-8-4-6-16(2)12-18/h3-14H,1-2H3. The number of rotatable bonds is 4. The van der Waals surface area contributed by atoms with Crippen molar-refractivity contribution in [2.75, 3.05) is 0 Å². The second-order valence-corrected chi connectivity index (χ2v) is 5.43. The molecule has 0 saturated carbocycles. The highest BCUT2D eigenvalue weighted by Gasteiger charge is 1.98. The molecule has 0 radical (unpaired) electrons. The first-order chi connectivity index (χ1) is 11.2. The zero-order valence-electron chi connectivity index (χ0n) is 13.2. The second kappa shape index (κ2) is 6.88. The zero-order chi connectivity index (χ0) is 16.1. The van der Waals surface area contributed by atoms with Crippen molar-refractivity contribution in [2.45, 2.75) is 13.8 Å².